The normalized spacial score (nSPS) is 21.7. The highest BCUT2D eigenvalue weighted by atomic mass is 15.2. The summed E-state index contributed by atoms with van der Waals surface area (Å²) in [5.41, 5.74) is 0.596. The fraction of sp³-hybridized carbons (Fsp3) is 0.923. The summed E-state index contributed by atoms with van der Waals surface area (Å²) in [5.74, 6) is 0.186. The summed E-state index contributed by atoms with van der Waals surface area (Å²) in [5, 5.41) is 8.76. The zero-order chi connectivity index (χ0) is 11.3. The Morgan fingerprint density at radius 1 is 1.27 bits per heavy atom. The molecular weight excluding hydrogens is 184 g/mol. The molecule has 86 valence electrons. The summed E-state index contributed by atoms with van der Waals surface area (Å²) in [6, 6.07) is 2.31. The average molecular weight is 208 g/mol. The Morgan fingerprint density at radius 3 is 2.20 bits per heavy atom. The van der Waals surface area contributed by atoms with Gasteiger partial charge < -0.3 is 4.90 Å². The van der Waals surface area contributed by atoms with E-state index in [1.807, 2.05) is 6.92 Å². The molecule has 1 atom stereocenters. The van der Waals surface area contributed by atoms with Crippen LogP contribution in [-0.2, 0) is 0 Å². The van der Waals surface area contributed by atoms with Crippen molar-refractivity contribution < 1.29 is 0 Å². The Kier molecular flexibility index (Phi) is 4.60. The van der Waals surface area contributed by atoms with Crippen LogP contribution in [0, 0.1) is 22.7 Å². The van der Waals surface area contributed by atoms with Crippen LogP contribution in [0.4, 0.5) is 0 Å². The maximum absolute atomic E-state index is 8.76. The van der Waals surface area contributed by atoms with E-state index in [0.29, 0.717) is 5.41 Å². The van der Waals surface area contributed by atoms with Crippen molar-refractivity contribution in [2.75, 3.05) is 19.6 Å². The molecule has 0 aromatic heterocycles. The summed E-state index contributed by atoms with van der Waals surface area (Å²) in [7, 11) is 0. The number of nitrogens with zero attached hydrogens (tertiary/aromatic N) is 2. The van der Waals surface area contributed by atoms with Crippen molar-refractivity contribution in [3.8, 4) is 6.07 Å². The second-order valence-electron chi connectivity index (χ2n) is 5.20. The summed E-state index contributed by atoms with van der Waals surface area (Å²) in [4.78, 5) is 2.44. The van der Waals surface area contributed by atoms with E-state index in [0.717, 1.165) is 6.54 Å². The van der Waals surface area contributed by atoms with Crippen molar-refractivity contribution in [2.24, 2.45) is 11.3 Å². The Balaban J connectivity index is 2.34. The van der Waals surface area contributed by atoms with Gasteiger partial charge >= 0.3 is 0 Å². The number of hydrogen-bond acceptors (Lipinski definition) is 2. The van der Waals surface area contributed by atoms with Gasteiger partial charge in [-0.25, -0.2) is 0 Å². The zero-order valence-corrected chi connectivity index (χ0v) is 10.4. The largest absolute Gasteiger partial charge is 0.301 e. The summed E-state index contributed by atoms with van der Waals surface area (Å²) < 4.78 is 0. The lowest BCUT2D eigenvalue weighted by Crippen LogP contribution is -2.57. The maximum atomic E-state index is 8.76. The van der Waals surface area contributed by atoms with Crippen molar-refractivity contribution in [3.63, 3.8) is 0 Å². The summed E-state index contributed by atoms with van der Waals surface area (Å²) in [6.45, 7) is 9.97. The van der Waals surface area contributed by atoms with Gasteiger partial charge in [0.2, 0.25) is 0 Å². The van der Waals surface area contributed by atoms with Gasteiger partial charge in [0.1, 0.15) is 0 Å². The van der Waals surface area contributed by atoms with Crippen molar-refractivity contribution in [1.82, 2.24) is 4.90 Å². The van der Waals surface area contributed by atoms with Gasteiger partial charge in [-0.05, 0) is 25.2 Å². The molecule has 0 bridgehead atoms. The minimum absolute atomic E-state index is 0.186. The molecule has 0 spiro atoms. The molecule has 1 aliphatic heterocycles. The second-order valence-corrected chi connectivity index (χ2v) is 5.20. The molecule has 2 nitrogen and oxygen atoms in total. The lowest BCUT2D eigenvalue weighted by Gasteiger charge is -2.51. The third kappa shape index (κ3) is 3.21. The van der Waals surface area contributed by atoms with Crippen LogP contribution in [0.5, 0.6) is 0 Å². The molecular formula is C13H24N2. The van der Waals surface area contributed by atoms with E-state index in [1.54, 1.807) is 0 Å². The van der Waals surface area contributed by atoms with Crippen LogP contribution in [0.3, 0.4) is 0 Å². The van der Waals surface area contributed by atoms with Crippen LogP contribution in [0.2, 0.25) is 0 Å². The van der Waals surface area contributed by atoms with E-state index in [-0.39, 0.29) is 5.92 Å². The van der Waals surface area contributed by atoms with Crippen LogP contribution in [0.25, 0.3) is 0 Å². The van der Waals surface area contributed by atoms with Crippen LogP contribution < -0.4 is 0 Å². The Bertz CT molecular complexity index is 215. The van der Waals surface area contributed by atoms with Crippen LogP contribution >= 0.6 is 0 Å². The fourth-order valence-electron chi connectivity index (χ4n) is 2.96. The van der Waals surface area contributed by atoms with Gasteiger partial charge in [0.05, 0.1) is 12.0 Å². The number of nitriles is 1. The maximum Gasteiger partial charge on any atom is 0.0666 e. The molecule has 15 heavy (non-hydrogen) atoms. The Morgan fingerprint density at radius 2 is 1.80 bits per heavy atom. The lowest BCUT2D eigenvalue weighted by atomic mass is 9.72. The minimum Gasteiger partial charge on any atom is -0.301 e. The monoisotopic (exact) mass is 208 g/mol. The minimum atomic E-state index is 0.186. The first-order chi connectivity index (χ1) is 7.15. The van der Waals surface area contributed by atoms with E-state index in [9.17, 15) is 0 Å². The van der Waals surface area contributed by atoms with Crippen LogP contribution in [0.15, 0.2) is 0 Å². The van der Waals surface area contributed by atoms with Crippen molar-refractivity contribution in [1.29, 1.82) is 5.26 Å². The standard InChI is InChI=1S/C13H24N2/c1-4-6-13(7-5-2)10-15(11-13)9-12(3)8-14/h12H,4-7,9-11H2,1-3H3. The number of hydrogen-bond donors (Lipinski definition) is 0. The quantitative estimate of drug-likeness (QED) is 0.671. The second kappa shape index (κ2) is 5.51. The van der Waals surface area contributed by atoms with Crippen molar-refractivity contribution in [2.45, 2.75) is 46.5 Å². The van der Waals surface area contributed by atoms with Crippen molar-refractivity contribution in [3.05, 3.63) is 0 Å². The predicted molar refractivity (Wildman–Crippen MR) is 63.5 cm³/mol. The van der Waals surface area contributed by atoms with Crippen LogP contribution in [-0.4, -0.2) is 24.5 Å². The molecule has 2 heteroatoms. The molecule has 1 heterocycles. The first-order valence-corrected chi connectivity index (χ1v) is 6.27. The summed E-state index contributed by atoms with van der Waals surface area (Å²) >= 11 is 0. The topological polar surface area (TPSA) is 27.0 Å². The van der Waals surface area contributed by atoms with Gasteiger partial charge in [-0.3, -0.25) is 0 Å². The first-order valence-electron chi connectivity index (χ1n) is 6.27. The highest BCUT2D eigenvalue weighted by Gasteiger charge is 2.41. The van der Waals surface area contributed by atoms with Gasteiger partial charge in [-0.1, -0.05) is 26.7 Å². The van der Waals surface area contributed by atoms with Crippen molar-refractivity contribution >= 4 is 0 Å². The van der Waals surface area contributed by atoms with E-state index >= 15 is 0 Å². The Hall–Kier alpha value is -0.550. The first kappa shape index (κ1) is 12.5. The molecule has 1 saturated heterocycles. The zero-order valence-electron chi connectivity index (χ0n) is 10.4. The third-order valence-electron chi connectivity index (χ3n) is 3.43. The Labute approximate surface area is 94.3 Å². The SMILES string of the molecule is CCCC1(CCC)CN(CC(C)C#N)C1. The van der Waals surface area contributed by atoms with E-state index in [2.05, 4.69) is 24.8 Å². The third-order valence-corrected chi connectivity index (χ3v) is 3.43. The lowest BCUT2D eigenvalue weighted by molar-refractivity contribution is -0.0187. The molecule has 1 fully saturated rings. The van der Waals surface area contributed by atoms with Crippen LogP contribution in [0.1, 0.15) is 46.5 Å². The highest BCUT2D eigenvalue weighted by Crippen LogP contribution is 2.39. The van der Waals surface area contributed by atoms with Gasteiger partial charge in [-0.15, -0.1) is 0 Å². The molecule has 0 radical (unpaired) electrons. The molecule has 0 N–H and O–H groups in total. The molecule has 0 aromatic carbocycles. The van der Waals surface area contributed by atoms with Gasteiger partial charge in [0, 0.05) is 19.6 Å². The molecule has 1 unspecified atom stereocenters. The molecule has 0 saturated carbocycles. The summed E-state index contributed by atoms with van der Waals surface area (Å²) in [6.07, 6.45) is 5.31. The van der Waals surface area contributed by atoms with E-state index < -0.39 is 0 Å². The van der Waals surface area contributed by atoms with E-state index in [4.69, 9.17) is 5.26 Å². The molecule has 1 aliphatic rings. The van der Waals surface area contributed by atoms with Gasteiger partial charge in [0.25, 0.3) is 0 Å². The van der Waals surface area contributed by atoms with Gasteiger partial charge in [0.15, 0.2) is 0 Å². The highest BCUT2D eigenvalue weighted by molar-refractivity contribution is 4.96. The van der Waals surface area contributed by atoms with Gasteiger partial charge in [-0.2, -0.15) is 5.26 Å². The molecule has 0 aromatic rings. The van der Waals surface area contributed by atoms with E-state index in [1.165, 1.54) is 38.8 Å². The number of rotatable bonds is 6. The molecule has 0 aliphatic carbocycles. The smallest absolute Gasteiger partial charge is 0.0666 e. The predicted octanol–water partition coefficient (Wildman–Crippen LogP) is 3.05. The number of likely N-dealkylation sites (tertiary alicyclic amines) is 1. The average Bonchev–Trinajstić information content (AvgIpc) is 2.15. The fourth-order valence-corrected chi connectivity index (χ4v) is 2.96. The molecule has 0 amide bonds. The molecule has 1 rings (SSSR count).